The van der Waals surface area contributed by atoms with Gasteiger partial charge < -0.3 is 5.32 Å². The van der Waals surface area contributed by atoms with E-state index >= 15 is 0 Å². The van der Waals surface area contributed by atoms with Gasteiger partial charge in [-0.15, -0.1) is 0 Å². The Bertz CT molecular complexity index is 510. The van der Waals surface area contributed by atoms with Crippen LogP contribution in [0.5, 0.6) is 0 Å². The third-order valence-electron chi connectivity index (χ3n) is 3.41. The molecule has 100 valence electrons. The first-order valence-electron chi connectivity index (χ1n) is 6.77. The zero-order valence-corrected chi connectivity index (χ0v) is 11.4. The van der Waals surface area contributed by atoms with E-state index in [1.165, 1.54) is 11.6 Å². The summed E-state index contributed by atoms with van der Waals surface area (Å²) in [6.07, 6.45) is 1.00. The first-order chi connectivity index (χ1) is 9.20. The molecule has 0 fully saturated rings. The van der Waals surface area contributed by atoms with Crippen molar-refractivity contribution in [3.05, 3.63) is 71.5 Å². The molecule has 0 bridgehead atoms. The van der Waals surface area contributed by atoms with E-state index in [1.807, 2.05) is 24.3 Å². The molecule has 0 saturated carbocycles. The monoisotopic (exact) mass is 257 g/mol. The van der Waals surface area contributed by atoms with Crippen molar-refractivity contribution in [2.45, 2.75) is 32.4 Å². The van der Waals surface area contributed by atoms with E-state index in [-0.39, 0.29) is 11.9 Å². The summed E-state index contributed by atoms with van der Waals surface area (Å²) >= 11 is 0. The Morgan fingerprint density at radius 1 is 1.00 bits per heavy atom. The number of rotatable bonds is 5. The maximum Gasteiger partial charge on any atom is 0.123 e. The highest BCUT2D eigenvalue weighted by Crippen LogP contribution is 2.22. The Labute approximate surface area is 114 Å². The molecule has 0 heterocycles. The second kappa shape index (κ2) is 6.48. The van der Waals surface area contributed by atoms with Crippen LogP contribution < -0.4 is 5.32 Å². The fraction of sp³-hybridized carbons (Fsp3) is 0.294. The molecule has 0 aliphatic rings. The van der Waals surface area contributed by atoms with Crippen molar-refractivity contribution in [3.63, 3.8) is 0 Å². The minimum Gasteiger partial charge on any atom is -0.303 e. The van der Waals surface area contributed by atoms with Crippen LogP contribution >= 0.6 is 0 Å². The largest absolute Gasteiger partial charge is 0.303 e. The summed E-state index contributed by atoms with van der Waals surface area (Å²) in [5.41, 5.74) is 2.25. The lowest BCUT2D eigenvalue weighted by Crippen LogP contribution is -2.24. The Balaban J connectivity index is 2.10. The molecule has 2 aromatic carbocycles. The van der Waals surface area contributed by atoms with E-state index in [2.05, 4.69) is 31.3 Å². The van der Waals surface area contributed by atoms with Gasteiger partial charge in [-0.2, -0.15) is 0 Å². The summed E-state index contributed by atoms with van der Waals surface area (Å²) in [5, 5.41) is 3.56. The minimum absolute atomic E-state index is 0.126. The van der Waals surface area contributed by atoms with Crippen molar-refractivity contribution < 1.29 is 4.39 Å². The van der Waals surface area contributed by atoms with Crippen LogP contribution in [0.15, 0.2) is 54.6 Å². The molecule has 2 aromatic rings. The topological polar surface area (TPSA) is 12.0 Å². The molecule has 0 saturated heterocycles. The highest BCUT2D eigenvalue weighted by molar-refractivity contribution is 5.22. The Kier molecular flexibility index (Phi) is 4.69. The van der Waals surface area contributed by atoms with E-state index in [0.29, 0.717) is 6.04 Å². The van der Waals surface area contributed by atoms with Gasteiger partial charge in [-0.05, 0) is 36.6 Å². The zero-order valence-electron chi connectivity index (χ0n) is 11.4. The molecule has 0 spiro atoms. The van der Waals surface area contributed by atoms with Crippen LogP contribution in [0.2, 0.25) is 0 Å². The van der Waals surface area contributed by atoms with Gasteiger partial charge in [0.1, 0.15) is 5.82 Å². The molecule has 2 rings (SSSR count). The van der Waals surface area contributed by atoms with Crippen LogP contribution in [0.1, 0.15) is 43.5 Å². The molecule has 0 aliphatic carbocycles. The normalized spacial score (nSPS) is 14.1. The Morgan fingerprint density at radius 2 is 1.68 bits per heavy atom. The van der Waals surface area contributed by atoms with Gasteiger partial charge in [0.05, 0.1) is 0 Å². The summed E-state index contributed by atoms with van der Waals surface area (Å²) in [6.45, 7) is 4.23. The number of benzene rings is 2. The Hall–Kier alpha value is -1.67. The molecule has 0 amide bonds. The number of hydrogen-bond acceptors (Lipinski definition) is 1. The van der Waals surface area contributed by atoms with Crippen LogP contribution in [-0.4, -0.2) is 0 Å². The molecule has 0 aliphatic heterocycles. The second-order valence-electron chi connectivity index (χ2n) is 4.81. The number of hydrogen-bond donors (Lipinski definition) is 1. The average molecular weight is 257 g/mol. The van der Waals surface area contributed by atoms with E-state index in [9.17, 15) is 4.39 Å². The van der Waals surface area contributed by atoms with Crippen molar-refractivity contribution in [3.8, 4) is 0 Å². The SMILES string of the molecule is CCC(N[C@H](C)c1cccc(F)c1)c1ccccc1. The Morgan fingerprint density at radius 3 is 2.32 bits per heavy atom. The van der Waals surface area contributed by atoms with Gasteiger partial charge in [-0.1, -0.05) is 49.4 Å². The van der Waals surface area contributed by atoms with Crippen LogP contribution in [0, 0.1) is 5.82 Å². The lowest BCUT2D eigenvalue weighted by molar-refractivity contribution is 0.455. The maximum atomic E-state index is 13.2. The van der Waals surface area contributed by atoms with E-state index in [4.69, 9.17) is 0 Å². The summed E-state index contributed by atoms with van der Waals surface area (Å²) < 4.78 is 13.2. The smallest absolute Gasteiger partial charge is 0.123 e. The minimum atomic E-state index is -0.182. The molecule has 1 N–H and O–H groups in total. The first kappa shape index (κ1) is 13.8. The third-order valence-corrected chi connectivity index (χ3v) is 3.41. The predicted molar refractivity (Wildman–Crippen MR) is 77.4 cm³/mol. The second-order valence-corrected chi connectivity index (χ2v) is 4.81. The number of nitrogens with one attached hydrogen (secondary N) is 1. The van der Waals surface area contributed by atoms with Gasteiger partial charge in [0, 0.05) is 12.1 Å². The summed E-state index contributed by atoms with van der Waals surface area (Å²) in [6, 6.07) is 17.6. The molecule has 2 heteroatoms. The van der Waals surface area contributed by atoms with Gasteiger partial charge in [0.15, 0.2) is 0 Å². The standard InChI is InChI=1S/C17H20FN/c1-3-17(14-8-5-4-6-9-14)19-13(2)15-10-7-11-16(18)12-15/h4-13,17,19H,3H2,1-2H3/t13-,17?/m1/s1. The van der Waals surface area contributed by atoms with E-state index < -0.39 is 0 Å². The van der Waals surface area contributed by atoms with Gasteiger partial charge >= 0.3 is 0 Å². The summed E-state index contributed by atoms with van der Waals surface area (Å²) in [7, 11) is 0. The lowest BCUT2D eigenvalue weighted by atomic mass is 10.0. The van der Waals surface area contributed by atoms with Crippen molar-refractivity contribution in [2.75, 3.05) is 0 Å². The number of halogens is 1. The van der Waals surface area contributed by atoms with Gasteiger partial charge in [0.25, 0.3) is 0 Å². The molecule has 1 unspecified atom stereocenters. The van der Waals surface area contributed by atoms with E-state index in [1.54, 1.807) is 12.1 Å². The molecule has 0 aromatic heterocycles. The molecular formula is C17H20FN. The van der Waals surface area contributed by atoms with E-state index in [0.717, 1.165) is 12.0 Å². The van der Waals surface area contributed by atoms with Gasteiger partial charge in [-0.3, -0.25) is 0 Å². The third kappa shape index (κ3) is 3.65. The molecule has 19 heavy (non-hydrogen) atoms. The van der Waals surface area contributed by atoms with Crippen LogP contribution in [-0.2, 0) is 0 Å². The van der Waals surface area contributed by atoms with Crippen molar-refractivity contribution in [2.24, 2.45) is 0 Å². The highest BCUT2D eigenvalue weighted by Gasteiger charge is 2.13. The zero-order chi connectivity index (χ0) is 13.7. The first-order valence-corrected chi connectivity index (χ1v) is 6.77. The van der Waals surface area contributed by atoms with Crippen LogP contribution in [0.3, 0.4) is 0 Å². The molecule has 0 radical (unpaired) electrons. The van der Waals surface area contributed by atoms with Gasteiger partial charge in [-0.25, -0.2) is 4.39 Å². The van der Waals surface area contributed by atoms with Gasteiger partial charge in [0.2, 0.25) is 0 Å². The van der Waals surface area contributed by atoms with Crippen LogP contribution in [0.4, 0.5) is 4.39 Å². The summed E-state index contributed by atoms with van der Waals surface area (Å²) in [5.74, 6) is -0.182. The fourth-order valence-corrected chi connectivity index (χ4v) is 2.31. The quantitative estimate of drug-likeness (QED) is 0.823. The van der Waals surface area contributed by atoms with Crippen molar-refractivity contribution in [1.82, 2.24) is 5.32 Å². The average Bonchev–Trinajstić information content (AvgIpc) is 2.45. The fourth-order valence-electron chi connectivity index (χ4n) is 2.31. The maximum absolute atomic E-state index is 13.2. The van der Waals surface area contributed by atoms with Crippen molar-refractivity contribution in [1.29, 1.82) is 0 Å². The highest BCUT2D eigenvalue weighted by atomic mass is 19.1. The molecule has 1 nitrogen and oxygen atoms in total. The predicted octanol–water partition coefficient (Wildman–Crippen LogP) is 4.63. The summed E-state index contributed by atoms with van der Waals surface area (Å²) in [4.78, 5) is 0. The van der Waals surface area contributed by atoms with Crippen molar-refractivity contribution >= 4 is 0 Å². The van der Waals surface area contributed by atoms with Crippen LogP contribution in [0.25, 0.3) is 0 Å². The molecular weight excluding hydrogens is 237 g/mol. The molecule has 2 atom stereocenters. The lowest BCUT2D eigenvalue weighted by Gasteiger charge is -2.23.